The van der Waals surface area contributed by atoms with Gasteiger partial charge in [-0.3, -0.25) is 0 Å². The Hall–Kier alpha value is -2.35. The highest BCUT2D eigenvalue weighted by atomic mass is 31.2. The van der Waals surface area contributed by atoms with E-state index in [1.54, 1.807) is 36.4 Å². The lowest BCUT2D eigenvalue weighted by Gasteiger charge is -2.26. The number of aliphatic hydroxyl groups excluding tert-OH is 1. The normalized spacial score (nSPS) is 12.6. The summed E-state index contributed by atoms with van der Waals surface area (Å²) in [5, 5.41) is 12.5. The van der Waals surface area contributed by atoms with Gasteiger partial charge in [-0.05, 0) is 13.0 Å². The van der Waals surface area contributed by atoms with Gasteiger partial charge in [-0.1, -0.05) is 78.9 Å². The van der Waals surface area contributed by atoms with E-state index < -0.39 is 13.0 Å². The molecule has 0 fully saturated rings. The molecule has 3 aromatic rings. The Bertz CT molecular complexity index is 819. The number of para-hydroxylation sites is 1. The average molecular weight is 352 g/mol. The van der Waals surface area contributed by atoms with E-state index in [4.69, 9.17) is 4.74 Å². The molecular weight excluding hydrogens is 331 g/mol. The lowest BCUT2D eigenvalue weighted by Crippen LogP contribution is -2.21. The molecule has 128 valence electrons. The molecule has 4 heteroatoms. The number of hydrogen-bond acceptors (Lipinski definition) is 3. The van der Waals surface area contributed by atoms with Crippen LogP contribution in [0.1, 0.15) is 18.3 Å². The number of ether oxygens (including phenoxy) is 1. The van der Waals surface area contributed by atoms with E-state index in [2.05, 4.69) is 0 Å². The third-order valence-corrected chi connectivity index (χ3v) is 7.22. The number of hydrogen-bond donors (Lipinski definition) is 1. The molecule has 0 spiro atoms. The predicted molar refractivity (Wildman–Crippen MR) is 102 cm³/mol. The van der Waals surface area contributed by atoms with E-state index in [-0.39, 0.29) is 0 Å². The molecule has 1 unspecified atom stereocenters. The van der Waals surface area contributed by atoms with E-state index in [0.29, 0.717) is 28.5 Å². The molecule has 0 saturated heterocycles. The fraction of sp³-hybridized carbons (Fsp3) is 0.143. The van der Waals surface area contributed by atoms with Gasteiger partial charge in [0, 0.05) is 16.2 Å². The van der Waals surface area contributed by atoms with Crippen LogP contribution in [-0.4, -0.2) is 11.7 Å². The second-order valence-corrected chi connectivity index (χ2v) is 8.51. The van der Waals surface area contributed by atoms with Crippen LogP contribution in [-0.2, 0) is 4.57 Å². The maximum atomic E-state index is 14.2. The number of aliphatic hydroxyl groups is 1. The number of rotatable bonds is 6. The molecule has 1 atom stereocenters. The predicted octanol–water partition coefficient (Wildman–Crippen LogP) is 4.09. The van der Waals surface area contributed by atoms with Crippen LogP contribution in [0.2, 0.25) is 0 Å². The van der Waals surface area contributed by atoms with Crippen LogP contribution < -0.4 is 15.3 Å². The van der Waals surface area contributed by atoms with E-state index in [1.807, 2.05) is 55.5 Å². The van der Waals surface area contributed by atoms with Crippen LogP contribution in [0.4, 0.5) is 0 Å². The van der Waals surface area contributed by atoms with E-state index in [1.165, 1.54) is 0 Å². The standard InChI is InChI=1S/C21H21O3P/c1-2-24-20-16-10-9-15-19(20)21(22)25(23,17-11-5-3-6-12-17)18-13-7-4-8-14-18/h3-16,21-22H,2H2,1H3. The van der Waals surface area contributed by atoms with Crippen molar-refractivity contribution in [2.45, 2.75) is 12.8 Å². The van der Waals surface area contributed by atoms with Crippen LogP contribution >= 0.6 is 7.14 Å². The van der Waals surface area contributed by atoms with Gasteiger partial charge in [-0.25, -0.2) is 0 Å². The van der Waals surface area contributed by atoms with Crippen LogP contribution in [0, 0.1) is 0 Å². The van der Waals surface area contributed by atoms with Crippen LogP contribution in [0.15, 0.2) is 84.9 Å². The first kappa shape index (κ1) is 17.5. The Balaban J connectivity index is 2.18. The van der Waals surface area contributed by atoms with E-state index in [0.717, 1.165) is 0 Å². The highest BCUT2D eigenvalue weighted by Gasteiger charge is 2.37. The largest absolute Gasteiger partial charge is 0.493 e. The van der Waals surface area contributed by atoms with Crippen molar-refractivity contribution in [3.05, 3.63) is 90.5 Å². The summed E-state index contributed by atoms with van der Waals surface area (Å²) >= 11 is 0. The monoisotopic (exact) mass is 352 g/mol. The molecule has 25 heavy (non-hydrogen) atoms. The summed E-state index contributed by atoms with van der Waals surface area (Å²) < 4.78 is 19.8. The summed E-state index contributed by atoms with van der Waals surface area (Å²) in [5.41, 5.74) is 0.542. The van der Waals surface area contributed by atoms with Crippen molar-refractivity contribution in [1.29, 1.82) is 0 Å². The van der Waals surface area contributed by atoms with Crippen LogP contribution in [0.5, 0.6) is 5.75 Å². The van der Waals surface area contributed by atoms with Gasteiger partial charge in [-0.15, -0.1) is 0 Å². The van der Waals surface area contributed by atoms with Crippen molar-refractivity contribution in [2.75, 3.05) is 6.61 Å². The Morgan fingerprint density at radius 3 is 1.84 bits per heavy atom. The third kappa shape index (κ3) is 3.39. The van der Waals surface area contributed by atoms with Crippen molar-refractivity contribution in [1.82, 2.24) is 0 Å². The summed E-state index contributed by atoms with van der Waals surface area (Å²) in [6, 6.07) is 25.6. The molecule has 0 aliphatic rings. The van der Waals surface area contributed by atoms with Crippen LogP contribution in [0.25, 0.3) is 0 Å². The van der Waals surface area contributed by atoms with Crippen molar-refractivity contribution in [2.24, 2.45) is 0 Å². The minimum Gasteiger partial charge on any atom is -0.493 e. The van der Waals surface area contributed by atoms with Gasteiger partial charge in [0.25, 0.3) is 0 Å². The zero-order valence-corrected chi connectivity index (χ0v) is 15.0. The Labute approximate surface area is 148 Å². The molecule has 0 saturated carbocycles. The van der Waals surface area contributed by atoms with Gasteiger partial charge in [0.1, 0.15) is 11.6 Å². The minimum atomic E-state index is -3.31. The maximum Gasteiger partial charge on any atom is 0.174 e. The lowest BCUT2D eigenvalue weighted by atomic mass is 10.2. The molecule has 0 heterocycles. The molecule has 3 aromatic carbocycles. The highest BCUT2D eigenvalue weighted by Crippen LogP contribution is 2.57. The summed E-state index contributed by atoms with van der Waals surface area (Å²) in [5.74, 6) is -0.621. The average Bonchev–Trinajstić information content (AvgIpc) is 2.69. The highest BCUT2D eigenvalue weighted by molar-refractivity contribution is 7.78. The maximum absolute atomic E-state index is 14.2. The van der Waals surface area contributed by atoms with E-state index >= 15 is 0 Å². The Morgan fingerprint density at radius 1 is 0.840 bits per heavy atom. The van der Waals surface area contributed by atoms with Crippen LogP contribution in [0.3, 0.4) is 0 Å². The van der Waals surface area contributed by atoms with E-state index in [9.17, 15) is 9.67 Å². The summed E-state index contributed by atoms with van der Waals surface area (Å²) in [6.45, 7) is 2.36. The molecule has 0 aliphatic heterocycles. The van der Waals surface area contributed by atoms with Gasteiger partial charge in [0.05, 0.1) is 6.61 Å². The fourth-order valence-corrected chi connectivity index (χ4v) is 5.61. The van der Waals surface area contributed by atoms with Gasteiger partial charge in [0.15, 0.2) is 7.14 Å². The molecule has 0 aliphatic carbocycles. The third-order valence-electron chi connectivity index (χ3n) is 4.12. The van der Waals surface area contributed by atoms with Crippen molar-refractivity contribution in [3.63, 3.8) is 0 Å². The minimum absolute atomic E-state index is 0.477. The van der Waals surface area contributed by atoms with Gasteiger partial charge >= 0.3 is 0 Å². The second-order valence-electron chi connectivity index (χ2n) is 5.67. The fourth-order valence-electron chi connectivity index (χ4n) is 2.91. The SMILES string of the molecule is CCOc1ccccc1C(O)P(=O)(c1ccccc1)c1ccccc1. The van der Waals surface area contributed by atoms with Gasteiger partial charge in [0.2, 0.25) is 0 Å². The second kappa shape index (κ2) is 7.69. The molecule has 1 N–H and O–H groups in total. The lowest BCUT2D eigenvalue weighted by molar-refractivity contribution is 0.245. The first-order valence-electron chi connectivity index (χ1n) is 8.28. The number of benzene rings is 3. The van der Waals surface area contributed by atoms with Gasteiger partial charge < -0.3 is 14.4 Å². The summed E-state index contributed by atoms with van der Waals surface area (Å²) in [4.78, 5) is 0. The van der Waals surface area contributed by atoms with Crippen molar-refractivity contribution < 1.29 is 14.4 Å². The first-order chi connectivity index (χ1) is 12.2. The topological polar surface area (TPSA) is 46.5 Å². The quantitative estimate of drug-likeness (QED) is 0.680. The van der Waals surface area contributed by atoms with Crippen molar-refractivity contribution in [3.8, 4) is 5.75 Å². The smallest absolute Gasteiger partial charge is 0.174 e. The molecule has 0 amide bonds. The Morgan fingerprint density at radius 2 is 1.32 bits per heavy atom. The molecule has 0 bridgehead atoms. The molecule has 3 rings (SSSR count). The van der Waals surface area contributed by atoms with Crippen molar-refractivity contribution >= 4 is 17.8 Å². The summed E-state index contributed by atoms with van der Waals surface area (Å²) in [6.07, 6.45) is 0. The molecule has 3 nitrogen and oxygen atoms in total. The van der Waals surface area contributed by atoms with Gasteiger partial charge in [-0.2, -0.15) is 0 Å². The summed E-state index contributed by atoms with van der Waals surface area (Å²) in [7, 11) is -3.31. The first-order valence-corrected chi connectivity index (χ1v) is 10.1. The Kier molecular flexibility index (Phi) is 5.37. The zero-order chi connectivity index (χ0) is 17.7. The molecule has 0 radical (unpaired) electrons. The molecular formula is C21H21O3P. The zero-order valence-electron chi connectivity index (χ0n) is 14.1. The molecule has 0 aromatic heterocycles.